The molecule has 0 spiro atoms. The molecule has 1 N–H and O–H groups in total. The first-order chi connectivity index (χ1) is 40.6. The molecule has 0 radical (unpaired) electrons. The SMILES string of the molecule is CC/C=C\C/C=C\C/C=C\C/C=C\C/C=C\C/C=C\CCCCCCCCCCCCCCCCCCCCCCC(=O)OC(COC(=O)CCCCCCCCCCCCCCCCCCCCC)COC(OCC[N+](C)(C)C)C(=O)O. The highest BCUT2D eigenvalue weighted by Crippen LogP contribution is 2.18. The van der Waals surface area contributed by atoms with Crippen molar-refractivity contribution in [2.45, 2.75) is 334 Å². The number of carbonyl (C=O) groups is 3. The Morgan fingerprint density at radius 1 is 0.373 bits per heavy atom. The maximum atomic E-state index is 12.9. The van der Waals surface area contributed by atoms with Crippen LogP contribution in [0.3, 0.4) is 0 Å². The van der Waals surface area contributed by atoms with Crippen molar-refractivity contribution < 1.29 is 42.9 Å². The van der Waals surface area contributed by atoms with Gasteiger partial charge in [-0.2, -0.15) is 0 Å². The molecule has 0 rings (SSSR count). The van der Waals surface area contributed by atoms with E-state index in [2.05, 4.69) is 86.8 Å². The van der Waals surface area contributed by atoms with Gasteiger partial charge in [-0.3, -0.25) is 9.59 Å². The number of hydrogen-bond donors (Lipinski definition) is 1. The Kier molecular flexibility index (Phi) is 62.2. The van der Waals surface area contributed by atoms with Crippen LogP contribution in [-0.2, 0) is 33.3 Å². The molecule has 0 aromatic rings. The summed E-state index contributed by atoms with van der Waals surface area (Å²) in [5, 5.41) is 9.74. The van der Waals surface area contributed by atoms with E-state index in [4.69, 9.17) is 18.9 Å². The lowest BCUT2D eigenvalue weighted by Crippen LogP contribution is -2.40. The second-order valence-corrected chi connectivity index (χ2v) is 24.8. The number of likely N-dealkylation sites (N-methyl/N-ethyl adjacent to an activating group) is 1. The van der Waals surface area contributed by atoms with E-state index in [-0.39, 0.29) is 38.2 Å². The first-order valence-electron chi connectivity index (χ1n) is 35.1. The molecule has 0 heterocycles. The Hall–Kier alpha value is -3.27. The van der Waals surface area contributed by atoms with E-state index in [1.165, 1.54) is 218 Å². The van der Waals surface area contributed by atoms with Crippen molar-refractivity contribution in [1.82, 2.24) is 0 Å². The molecule has 0 saturated heterocycles. The van der Waals surface area contributed by atoms with Crippen LogP contribution in [0.5, 0.6) is 0 Å². The van der Waals surface area contributed by atoms with Crippen LogP contribution in [0.4, 0.5) is 0 Å². The minimum absolute atomic E-state index is 0.177. The zero-order valence-electron chi connectivity index (χ0n) is 55.1. The number of rotatable bonds is 65. The van der Waals surface area contributed by atoms with Crippen LogP contribution in [-0.4, -0.2) is 87.4 Å². The fraction of sp³-hybridized carbons (Fsp3) is 0.797. The van der Waals surface area contributed by atoms with Gasteiger partial charge in [0.2, 0.25) is 0 Å². The van der Waals surface area contributed by atoms with Crippen LogP contribution in [0.2, 0.25) is 0 Å². The monoisotopic (exact) mass is 1170 g/mol. The topological polar surface area (TPSA) is 108 Å². The average Bonchev–Trinajstić information content (AvgIpc) is 3.46. The summed E-state index contributed by atoms with van der Waals surface area (Å²) in [5.41, 5.74) is 0. The van der Waals surface area contributed by atoms with Crippen LogP contribution in [0.25, 0.3) is 0 Å². The second-order valence-electron chi connectivity index (χ2n) is 24.8. The van der Waals surface area contributed by atoms with E-state index in [1.807, 2.05) is 21.1 Å². The smallest absolute Gasteiger partial charge is 0.361 e. The van der Waals surface area contributed by atoms with E-state index in [0.29, 0.717) is 17.4 Å². The molecule has 83 heavy (non-hydrogen) atoms. The summed E-state index contributed by atoms with van der Waals surface area (Å²) in [6.45, 7) is 4.81. The zero-order valence-corrected chi connectivity index (χ0v) is 55.1. The molecule has 0 aromatic carbocycles. The van der Waals surface area contributed by atoms with Crippen LogP contribution in [0.15, 0.2) is 72.9 Å². The predicted octanol–water partition coefficient (Wildman–Crippen LogP) is 21.7. The first kappa shape index (κ1) is 79.7. The van der Waals surface area contributed by atoms with Gasteiger partial charge in [-0.05, 0) is 64.2 Å². The molecule has 0 fully saturated rings. The number of allylic oxidation sites excluding steroid dienone is 12. The minimum atomic E-state index is -1.51. The third-order valence-corrected chi connectivity index (χ3v) is 15.5. The fourth-order valence-electron chi connectivity index (χ4n) is 10.1. The van der Waals surface area contributed by atoms with Crippen molar-refractivity contribution in [2.24, 2.45) is 0 Å². The van der Waals surface area contributed by atoms with E-state index in [0.717, 1.165) is 77.0 Å². The van der Waals surface area contributed by atoms with E-state index in [1.54, 1.807) is 0 Å². The molecule has 0 aromatic heterocycles. The molecule has 9 nitrogen and oxygen atoms in total. The van der Waals surface area contributed by atoms with Gasteiger partial charge in [0, 0.05) is 12.8 Å². The standard InChI is InChI=1S/C74H133NO8/c1-6-8-10-12-14-16-18-20-22-24-26-27-28-29-30-31-32-33-34-35-36-37-38-39-40-41-42-43-44-45-47-49-51-53-55-57-59-61-63-65-72(77)83-70(69-82-74(73(78)79)80-67-66-75(3,4)5)68-81-71(76)64-62-60-58-56-54-52-50-48-46-25-23-21-19-17-15-13-11-9-7-2/h8,10,14,16,20,22,26-27,29-30,32-33,70,74H,6-7,9,11-13,15,17-19,21,23-25,28,31,34-69H2,1-5H3/p+1/b10-8-,16-14-,22-20-,27-26-,30-29-,33-32-. The molecule has 0 aliphatic rings. The number of unbranched alkanes of at least 4 members (excludes halogenated alkanes) is 38. The molecular formula is C74H134NO8+. The van der Waals surface area contributed by atoms with Crippen LogP contribution in [0, 0.1) is 0 Å². The lowest BCUT2D eigenvalue weighted by Gasteiger charge is -2.25. The summed E-state index contributed by atoms with van der Waals surface area (Å²) in [7, 11) is 5.99. The lowest BCUT2D eigenvalue weighted by molar-refractivity contribution is -0.870. The fourth-order valence-corrected chi connectivity index (χ4v) is 10.1. The third-order valence-electron chi connectivity index (χ3n) is 15.5. The molecule has 0 aliphatic carbocycles. The van der Waals surface area contributed by atoms with Crippen molar-refractivity contribution in [3.05, 3.63) is 72.9 Å². The molecule has 9 heteroatoms. The molecule has 0 saturated carbocycles. The maximum Gasteiger partial charge on any atom is 0.361 e. The van der Waals surface area contributed by atoms with Gasteiger partial charge in [-0.15, -0.1) is 0 Å². The second kappa shape index (κ2) is 64.7. The number of carboxylic acids is 1. The van der Waals surface area contributed by atoms with Crippen LogP contribution in [0.1, 0.15) is 322 Å². The molecule has 482 valence electrons. The number of carboxylic acid groups (broad SMARTS) is 1. The van der Waals surface area contributed by atoms with Crippen molar-refractivity contribution in [2.75, 3.05) is 47.5 Å². The van der Waals surface area contributed by atoms with Gasteiger partial charge < -0.3 is 28.5 Å². The Labute approximate surface area is 513 Å². The number of hydrogen-bond acceptors (Lipinski definition) is 7. The number of aliphatic carboxylic acids is 1. The van der Waals surface area contributed by atoms with Gasteiger partial charge in [0.15, 0.2) is 6.10 Å². The van der Waals surface area contributed by atoms with Crippen molar-refractivity contribution in [3.8, 4) is 0 Å². The van der Waals surface area contributed by atoms with Gasteiger partial charge in [-0.25, -0.2) is 4.79 Å². The Bertz CT molecular complexity index is 1590. The average molecular weight is 1170 g/mol. The summed E-state index contributed by atoms with van der Waals surface area (Å²) < 4.78 is 23.0. The summed E-state index contributed by atoms with van der Waals surface area (Å²) in [6.07, 6.45) is 83.1. The largest absolute Gasteiger partial charge is 0.477 e. The Balaban J connectivity index is 4.01. The summed E-state index contributed by atoms with van der Waals surface area (Å²) in [5.74, 6) is -1.98. The van der Waals surface area contributed by atoms with Crippen LogP contribution >= 0.6 is 0 Å². The number of quaternary nitrogens is 1. The third kappa shape index (κ3) is 66.1. The van der Waals surface area contributed by atoms with E-state index < -0.39 is 18.4 Å². The quantitative estimate of drug-likeness (QED) is 0.0211. The minimum Gasteiger partial charge on any atom is -0.477 e. The number of ether oxygens (including phenoxy) is 4. The molecule has 2 unspecified atom stereocenters. The first-order valence-corrected chi connectivity index (χ1v) is 35.1. The molecular weight excluding hydrogens is 1030 g/mol. The highest BCUT2D eigenvalue weighted by molar-refractivity contribution is 5.71. The normalized spacial score (nSPS) is 13.1. The number of nitrogens with zero attached hydrogens (tertiary/aromatic N) is 1. The van der Waals surface area contributed by atoms with Crippen molar-refractivity contribution in [1.29, 1.82) is 0 Å². The molecule has 0 amide bonds. The van der Waals surface area contributed by atoms with Gasteiger partial charge in [-0.1, -0.05) is 318 Å². The van der Waals surface area contributed by atoms with Crippen LogP contribution < -0.4 is 0 Å². The lowest BCUT2D eigenvalue weighted by atomic mass is 10.0. The highest BCUT2D eigenvalue weighted by atomic mass is 16.7. The predicted molar refractivity (Wildman–Crippen MR) is 355 cm³/mol. The van der Waals surface area contributed by atoms with E-state index in [9.17, 15) is 19.5 Å². The van der Waals surface area contributed by atoms with Crippen molar-refractivity contribution >= 4 is 17.9 Å². The molecule has 0 bridgehead atoms. The Morgan fingerprint density at radius 2 is 0.687 bits per heavy atom. The summed E-state index contributed by atoms with van der Waals surface area (Å²) >= 11 is 0. The van der Waals surface area contributed by atoms with Gasteiger partial charge in [0.25, 0.3) is 6.29 Å². The van der Waals surface area contributed by atoms with E-state index >= 15 is 0 Å². The van der Waals surface area contributed by atoms with Gasteiger partial charge in [0.05, 0.1) is 34.4 Å². The summed E-state index contributed by atoms with van der Waals surface area (Å²) in [6, 6.07) is 0. The molecule has 0 aliphatic heterocycles. The highest BCUT2D eigenvalue weighted by Gasteiger charge is 2.25. The maximum absolute atomic E-state index is 12.9. The Morgan fingerprint density at radius 3 is 1.02 bits per heavy atom. The number of esters is 2. The molecule has 2 atom stereocenters. The summed E-state index contributed by atoms with van der Waals surface area (Å²) in [4.78, 5) is 37.6. The number of carbonyl (C=O) groups excluding carboxylic acids is 2. The van der Waals surface area contributed by atoms with Crippen molar-refractivity contribution in [3.63, 3.8) is 0 Å². The van der Waals surface area contributed by atoms with Gasteiger partial charge >= 0.3 is 17.9 Å². The van der Waals surface area contributed by atoms with Gasteiger partial charge in [0.1, 0.15) is 13.2 Å². The zero-order chi connectivity index (χ0) is 60.5.